The van der Waals surface area contributed by atoms with Crippen molar-refractivity contribution in [3.63, 3.8) is 0 Å². The number of nitrogens with two attached hydrogens (primary N) is 1. The molecule has 0 bridgehead atoms. The molecule has 0 aliphatic heterocycles. The largest absolute Gasteiger partial charge is 0.478 e. The van der Waals surface area contributed by atoms with Gasteiger partial charge < -0.3 is 10.8 Å². The third kappa shape index (κ3) is 1.69. The Morgan fingerprint density at radius 1 is 1.47 bits per heavy atom. The summed E-state index contributed by atoms with van der Waals surface area (Å²) in [6.07, 6.45) is 1.23. The summed E-state index contributed by atoms with van der Waals surface area (Å²) in [4.78, 5) is 18.5. The van der Waals surface area contributed by atoms with Crippen LogP contribution in [0.3, 0.4) is 0 Å². The first-order chi connectivity index (χ1) is 7.08. The maximum atomic E-state index is 10.7. The molecule has 0 amide bonds. The van der Waals surface area contributed by atoms with Gasteiger partial charge in [0.2, 0.25) is 0 Å². The third-order valence-corrected chi connectivity index (χ3v) is 2.20. The molecule has 5 nitrogen and oxygen atoms in total. The Morgan fingerprint density at radius 2 is 2.20 bits per heavy atom. The Bertz CT molecular complexity index is 556. The summed E-state index contributed by atoms with van der Waals surface area (Å²) < 4.78 is 0. The SMILES string of the molecule is Nc1nc2ncc(C(=O)O)cc2cc1Cl. The van der Waals surface area contributed by atoms with Crippen molar-refractivity contribution in [2.45, 2.75) is 0 Å². The molecule has 2 rings (SSSR count). The number of anilines is 1. The number of carboxylic acid groups (broad SMARTS) is 1. The molecule has 0 aliphatic carbocycles. The van der Waals surface area contributed by atoms with Crippen LogP contribution >= 0.6 is 11.6 Å². The highest BCUT2D eigenvalue weighted by Gasteiger charge is 2.07. The highest BCUT2D eigenvalue weighted by Crippen LogP contribution is 2.21. The smallest absolute Gasteiger partial charge is 0.337 e. The van der Waals surface area contributed by atoms with Crippen LogP contribution in [0.1, 0.15) is 10.4 Å². The van der Waals surface area contributed by atoms with Gasteiger partial charge in [0.25, 0.3) is 0 Å². The molecule has 0 fully saturated rings. The molecule has 0 saturated heterocycles. The molecule has 0 aliphatic rings. The van der Waals surface area contributed by atoms with Crippen LogP contribution in [0.15, 0.2) is 18.3 Å². The average Bonchev–Trinajstić information content (AvgIpc) is 2.19. The van der Waals surface area contributed by atoms with Crippen molar-refractivity contribution in [1.82, 2.24) is 9.97 Å². The van der Waals surface area contributed by atoms with Gasteiger partial charge in [-0.3, -0.25) is 0 Å². The average molecular weight is 224 g/mol. The number of nitrogen functional groups attached to an aromatic ring is 1. The number of carboxylic acids is 1. The van der Waals surface area contributed by atoms with E-state index < -0.39 is 5.97 Å². The Hall–Kier alpha value is -1.88. The number of rotatable bonds is 1. The highest BCUT2D eigenvalue weighted by molar-refractivity contribution is 6.33. The zero-order valence-electron chi connectivity index (χ0n) is 7.44. The fraction of sp³-hybridized carbons (Fsp3) is 0. The lowest BCUT2D eigenvalue weighted by molar-refractivity contribution is 0.0696. The number of fused-ring (bicyclic) bond motifs is 1. The van der Waals surface area contributed by atoms with Crippen LogP contribution in [0, 0.1) is 0 Å². The molecule has 2 aromatic heterocycles. The van der Waals surface area contributed by atoms with Gasteiger partial charge in [-0.1, -0.05) is 11.6 Å². The second-order valence-electron chi connectivity index (χ2n) is 2.93. The van der Waals surface area contributed by atoms with Gasteiger partial charge in [0, 0.05) is 11.6 Å². The van der Waals surface area contributed by atoms with E-state index in [0.29, 0.717) is 11.0 Å². The normalized spacial score (nSPS) is 10.5. The number of nitrogens with zero attached hydrogens (tertiary/aromatic N) is 2. The van der Waals surface area contributed by atoms with Gasteiger partial charge in [-0.2, -0.15) is 0 Å². The molecule has 0 radical (unpaired) electrons. The fourth-order valence-corrected chi connectivity index (χ4v) is 1.33. The lowest BCUT2D eigenvalue weighted by Gasteiger charge is -2.01. The first-order valence-corrected chi connectivity index (χ1v) is 4.41. The predicted molar refractivity (Wildman–Crippen MR) is 55.9 cm³/mol. The predicted octanol–water partition coefficient (Wildman–Crippen LogP) is 1.56. The molecular formula is C9H6ClN3O2. The second kappa shape index (κ2) is 3.36. The zero-order chi connectivity index (χ0) is 11.0. The van der Waals surface area contributed by atoms with Crippen LogP contribution in [0.5, 0.6) is 0 Å². The molecule has 6 heteroatoms. The summed E-state index contributed by atoms with van der Waals surface area (Å²) in [6.45, 7) is 0. The van der Waals surface area contributed by atoms with Crippen LogP contribution < -0.4 is 5.73 Å². The van der Waals surface area contributed by atoms with Crippen molar-refractivity contribution in [2.24, 2.45) is 0 Å². The quantitative estimate of drug-likeness (QED) is 0.766. The van der Waals surface area contributed by atoms with Gasteiger partial charge >= 0.3 is 5.97 Å². The van der Waals surface area contributed by atoms with E-state index in [2.05, 4.69) is 9.97 Å². The van der Waals surface area contributed by atoms with E-state index in [1.165, 1.54) is 12.3 Å². The van der Waals surface area contributed by atoms with Gasteiger partial charge in [-0.25, -0.2) is 14.8 Å². The number of aromatic nitrogens is 2. The minimum Gasteiger partial charge on any atom is -0.478 e. The Kier molecular flexibility index (Phi) is 2.17. The molecule has 2 heterocycles. The van der Waals surface area contributed by atoms with Gasteiger partial charge in [0.05, 0.1) is 10.6 Å². The van der Waals surface area contributed by atoms with Crippen molar-refractivity contribution >= 4 is 34.4 Å². The topological polar surface area (TPSA) is 89.1 Å². The number of hydrogen-bond acceptors (Lipinski definition) is 4. The van der Waals surface area contributed by atoms with Gasteiger partial charge in [0.1, 0.15) is 5.82 Å². The van der Waals surface area contributed by atoms with Crippen molar-refractivity contribution in [3.8, 4) is 0 Å². The monoisotopic (exact) mass is 223 g/mol. The summed E-state index contributed by atoms with van der Waals surface area (Å²) in [5.41, 5.74) is 5.95. The lowest BCUT2D eigenvalue weighted by Crippen LogP contribution is -1.99. The van der Waals surface area contributed by atoms with E-state index in [1.54, 1.807) is 6.07 Å². The minimum atomic E-state index is -1.04. The summed E-state index contributed by atoms with van der Waals surface area (Å²) in [7, 11) is 0. The second-order valence-corrected chi connectivity index (χ2v) is 3.34. The van der Waals surface area contributed by atoms with E-state index in [1.807, 2.05) is 0 Å². The van der Waals surface area contributed by atoms with Crippen molar-refractivity contribution in [2.75, 3.05) is 5.73 Å². The standard InChI is InChI=1S/C9H6ClN3O2/c10-6-2-4-1-5(9(14)15)3-12-8(4)13-7(6)11/h1-3H,(H,14,15)(H2,11,12,13). The van der Waals surface area contributed by atoms with Gasteiger partial charge in [-0.15, -0.1) is 0 Å². The van der Waals surface area contributed by atoms with Crippen LogP contribution in [-0.4, -0.2) is 21.0 Å². The number of hydrogen-bond donors (Lipinski definition) is 2. The van der Waals surface area contributed by atoms with E-state index in [9.17, 15) is 4.79 Å². The van der Waals surface area contributed by atoms with Crippen LogP contribution in [0.2, 0.25) is 5.02 Å². The molecule has 0 atom stereocenters. The molecule has 3 N–H and O–H groups in total. The summed E-state index contributed by atoms with van der Waals surface area (Å²) in [5.74, 6) is -0.864. The van der Waals surface area contributed by atoms with E-state index >= 15 is 0 Å². The number of halogens is 1. The molecule has 15 heavy (non-hydrogen) atoms. The molecule has 0 saturated carbocycles. The van der Waals surface area contributed by atoms with Gasteiger partial charge in [0.15, 0.2) is 5.65 Å². The molecule has 0 unspecified atom stereocenters. The molecule has 76 valence electrons. The molecule has 0 spiro atoms. The lowest BCUT2D eigenvalue weighted by atomic mass is 10.2. The van der Waals surface area contributed by atoms with Crippen LogP contribution in [0.25, 0.3) is 11.0 Å². The van der Waals surface area contributed by atoms with Crippen LogP contribution in [-0.2, 0) is 0 Å². The van der Waals surface area contributed by atoms with Crippen molar-refractivity contribution in [1.29, 1.82) is 0 Å². The Balaban J connectivity index is 2.72. The Labute approximate surface area is 89.5 Å². The number of carbonyl (C=O) groups is 1. The van der Waals surface area contributed by atoms with E-state index in [0.717, 1.165) is 0 Å². The van der Waals surface area contributed by atoms with Crippen molar-refractivity contribution in [3.05, 3.63) is 28.9 Å². The zero-order valence-corrected chi connectivity index (χ0v) is 8.19. The minimum absolute atomic E-state index is 0.0881. The van der Waals surface area contributed by atoms with Crippen LogP contribution in [0.4, 0.5) is 5.82 Å². The van der Waals surface area contributed by atoms with Gasteiger partial charge in [-0.05, 0) is 12.1 Å². The highest BCUT2D eigenvalue weighted by atomic mass is 35.5. The number of aromatic carboxylic acids is 1. The van der Waals surface area contributed by atoms with E-state index in [-0.39, 0.29) is 16.4 Å². The fourth-order valence-electron chi connectivity index (χ4n) is 1.17. The first-order valence-electron chi connectivity index (χ1n) is 4.03. The summed E-state index contributed by atoms with van der Waals surface area (Å²) in [6, 6.07) is 2.99. The first kappa shape index (κ1) is 9.67. The Morgan fingerprint density at radius 3 is 2.87 bits per heavy atom. The summed E-state index contributed by atoms with van der Waals surface area (Å²) >= 11 is 5.76. The molecule has 2 aromatic rings. The maximum Gasteiger partial charge on any atom is 0.337 e. The van der Waals surface area contributed by atoms with Crippen molar-refractivity contribution < 1.29 is 9.90 Å². The summed E-state index contributed by atoms with van der Waals surface area (Å²) in [5, 5.41) is 9.58. The molecule has 0 aromatic carbocycles. The van der Waals surface area contributed by atoms with E-state index in [4.69, 9.17) is 22.4 Å². The number of pyridine rings is 2. The molecular weight excluding hydrogens is 218 g/mol. The third-order valence-electron chi connectivity index (χ3n) is 1.90. The maximum absolute atomic E-state index is 10.7.